The van der Waals surface area contributed by atoms with Crippen molar-refractivity contribution in [3.8, 4) is 12.3 Å². The Balaban J connectivity index is 0.00000144. The molecule has 13 heavy (non-hydrogen) atoms. The summed E-state index contributed by atoms with van der Waals surface area (Å²) in [6, 6.07) is 0. The predicted octanol–water partition coefficient (Wildman–Crippen LogP) is 0.980. The molecule has 1 atom stereocenters. The summed E-state index contributed by atoms with van der Waals surface area (Å²) >= 11 is 0. The van der Waals surface area contributed by atoms with E-state index in [0.717, 1.165) is 19.4 Å². The molecular formula is C9H14ClNO2. The average molecular weight is 204 g/mol. The lowest BCUT2D eigenvalue weighted by molar-refractivity contribution is -0.138. The molecule has 0 aliphatic carbocycles. The fraction of sp³-hybridized carbons (Fsp3) is 0.667. The van der Waals surface area contributed by atoms with Crippen molar-refractivity contribution in [2.75, 3.05) is 13.1 Å². The van der Waals surface area contributed by atoms with E-state index in [1.54, 1.807) is 0 Å². The van der Waals surface area contributed by atoms with Crippen LogP contribution < -0.4 is 0 Å². The van der Waals surface area contributed by atoms with Gasteiger partial charge in [-0.05, 0) is 19.8 Å². The molecule has 0 aromatic carbocycles. The van der Waals surface area contributed by atoms with Crippen molar-refractivity contribution in [2.45, 2.75) is 25.3 Å². The number of nitrogens with zero attached hydrogens (tertiary/aromatic N) is 1. The van der Waals surface area contributed by atoms with Crippen molar-refractivity contribution in [1.29, 1.82) is 0 Å². The summed E-state index contributed by atoms with van der Waals surface area (Å²) < 4.78 is 0. The molecule has 0 radical (unpaired) electrons. The maximum absolute atomic E-state index is 10.4. The lowest BCUT2D eigenvalue weighted by Crippen LogP contribution is -2.42. The van der Waals surface area contributed by atoms with Crippen LogP contribution in [0.25, 0.3) is 0 Å². The van der Waals surface area contributed by atoms with Crippen LogP contribution >= 0.6 is 12.4 Å². The van der Waals surface area contributed by atoms with E-state index in [2.05, 4.69) is 5.92 Å². The maximum Gasteiger partial charge on any atom is 0.317 e. The fourth-order valence-corrected chi connectivity index (χ4v) is 1.60. The van der Waals surface area contributed by atoms with Crippen molar-refractivity contribution in [3.63, 3.8) is 0 Å². The zero-order valence-electron chi connectivity index (χ0n) is 7.62. The zero-order valence-corrected chi connectivity index (χ0v) is 8.43. The molecule has 74 valence electrons. The van der Waals surface area contributed by atoms with E-state index in [9.17, 15) is 4.79 Å². The second-order valence-electron chi connectivity index (χ2n) is 3.34. The highest BCUT2D eigenvalue weighted by Gasteiger charge is 2.35. The molecule has 1 N–H and O–H groups in total. The molecule has 0 spiro atoms. The molecule has 1 heterocycles. The minimum atomic E-state index is -0.807. The van der Waals surface area contributed by atoms with Crippen molar-refractivity contribution in [2.24, 2.45) is 0 Å². The van der Waals surface area contributed by atoms with E-state index in [-0.39, 0.29) is 24.5 Å². The van der Waals surface area contributed by atoms with Gasteiger partial charge in [0.2, 0.25) is 0 Å². The van der Waals surface area contributed by atoms with Gasteiger partial charge < -0.3 is 5.11 Å². The topological polar surface area (TPSA) is 40.5 Å². The van der Waals surface area contributed by atoms with E-state index in [1.807, 2.05) is 11.8 Å². The first-order valence-electron chi connectivity index (χ1n) is 4.03. The van der Waals surface area contributed by atoms with Crippen LogP contribution in [0.4, 0.5) is 0 Å². The Morgan fingerprint density at radius 2 is 2.38 bits per heavy atom. The van der Waals surface area contributed by atoms with Crippen LogP contribution in [0.3, 0.4) is 0 Å². The van der Waals surface area contributed by atoms with E-state index < -0.39 is 5.97 Å². The highest BCUT2D eigenvalue weighted by atomic mass is 35.5. The number of hydrogen-bond acceptors (Lipinski definition) is 2. The van der Waals surface area contributed by atoms with Crippen LogP contribution in [0.15, 0.2) is 0 Å². The molecule has 3 nitrogen and oxygen atoms in total. The average Bonchev–Trinajstić information content (AvgIpc) is 2.33. The maximum atomic E-state index is 10.4. The molecule has 0 saturated carbocycles. The number of rotatable bonds is 2. The van der Waals surface area contributed by atoms with Crippen LogP contribution in [0.1, 0.15) is 19.8 Å². The Labute approximate surface area is 84.5 Å². The summed E-state index contributed by atoms with van der Waals surface area (Å²) in [6.07, 6.45) is 7.24. The van der Waals surface area contributed by atoms with Gasteiger partial charge in [-0.2, -0.15) is 0 Å². The monoisotopic (exact) mass is 203 g/mol. The first-order valence-corrected chi connectivity index (χ1v) is 4.03. The van der Waals surface area contributed by atoms with Crippen LogP contribution in [0, 0.1) is 12.3 Å². The standard InChI is InChI=1S/C9H13NO2.ClH/c1-3-9(2)5-4-6-10(9)7-8(11)12;/h1H,4-7H2,2H3,(H,11,12);1H/t9-;/m0./s1. The first-order chi connectivity index (χ1) is 5.58. The van der Waals surface area contributed by atoms with Gasteiger partial charge >= 0.3 is 5.97 Å². The molecule has 4 heteroatoms. The second kappa shape index (κ2) is 4.50. The molecule has 1 aliphatic rings. The third kappa shape index (κ3) is 2.61. The SMILES string of the molecule is C#C[C@@]1(C)CCCN1CC(=O)O.Cl. The van der Waals surface area contributed by atoms with Crippen molar-refractivity contribution in [3.05, 3.63) is 0 Å². The smallest absolute Gasteiger partial charge is 0.317 e. The highest BCUT2D eigenvalue weighted by molar-refractivity contribution is 5.85. The predicted molar refractivity (Wildman–Crippen MR) is 52.9 cm³/mol. The molecular weight excluding hydrogens is 190 g/mol. The summed E-state index contributed by atoms with van der Waals surface area (Å²) in [4.78, 5) is 12.3. The van der Waals surface area contributed by atoms with Gasteiger partial charge in [-0.15, -0.1) is 18.8 Å². The number of hydrogen-bond donors (Lipinski definition) is 1. The summed E-state index contributed by atoms with van der Waals surface area (Å²) in [7, 11) is 0. The van der Waals surface area contributed by atoms with E-state index >= 15 is 0 Å². The Morgan fingerprint density at radius 3 is 2.85 bits per heavy atom. The molecule has 0 aromatic rings. The molecule has 0 aromatic heterocycles. The van der Waals surface area contributed by atoms with Crippen molar-refractivity contribution < 1.29 is 9.90 Å². The normalized spacial score (nSPS) is 27.7. The molecule has 0 unspecified atom stereocenters. The molecule has 0 amide bonds. The minimum Gasteiger partial charge on any atom is -0.480 e. The Kier molecular flexibility index (Phi) is 4.25. The van der Waals surface area contributed by atoms with Crippen LogP contribution in [0.2, 0.25) is 0 Å². The van der Waals surface area contributed by atoms with Gasteiger partial charge in [0, 0.05) is 6.54 Å². The number of carboxylic acid groups (broad SMARTS) is 1. The van der Waals surface area contributed by atoms with Gasteiger partial charge in [-0.3, -0.25) is 9.69 Å². The Morgan fingerprint density at radius 1 is 1.77 bits per heavy atom. The fourth-order valence-electron chi connectivity index (χ4n) is 1.60. The van der Waals surface area contributed by atoms with Crippen molar-refractivity contribution >= 4 is 18.4 Å². The molecule has 0 bridgehead atoms. The van der Waals surface area contributed by atoms with Gasteiger partial charge in [0.25, 0.3) is 0 Å². The van der Waals surface area contributed by atoms with E-state index in [1.165, 1.54) is 0 Å². The number of aliphatic carboxylic acids is 1. The highest BCUT2D eigenvalue weighted by Crippen LogP contribution is 2.27. The zero-order chi connectivity index (χ0) is 9.19. The summed E-state index contributed by atoms with van der Waals surface area (Å²) in [6.45, 7) is 2.77. The van der Waals surface area contributed by atoms with Gasteiger partial charge in [0.05, 0.1) is 12.1 Å². The van der Waals surface area contributed by atoms with Gasteiger partial charge in [-0.25, -0.2) is 0 Å². The van der Waals surface area contributed by atoms with Gasteiger partial charge in [0.15, 0.2) is 0 Å². The van der Waals surface area contributed by atoms with Gasteiger partial charge in [-0.1, -0.05) is 5.92 Å². The quantitative estimate of drug-likeness (QED) is 0.681. The number of likely N-dealkylation sites (tertiary alicyclic amines) is 1. The molecule has 1 rings (SSSR count). The van der Waals surface area contributed by atoms with Crippen molar-refractivity contribution in [1.82, 2.24) is 4.90 Å². The Bertz CT molecular complexity index is 236. The third-order valence-corrected chi connectivity index (χ3v) is 2.43. The molecule has 1 fully saturated rings. The van der Waals surface area contributed by atoms with Crippen LogP contribution in [-0.4, -0.2) is 34.6 Å². The summed E-state index contributed by atoms with van der Waals surface area (Å²) in [5.41, 5.74) is -0.335. The number of terminal acetylenes is 1. The lowest BCUT2D eigenvalue weighted by atomic mass is 10.0. The third-order valence-electron chi connectivity index (χ3n) is 2.43. The molecule has 1 saturated heterocycles. The first kappa shape index (κ1) is 12.3. The van der Waals surface area contributed by atoms with Crippen LogP contribution in [0.5, 0.6) is 0 Å². The van der Waals surface area contributed by atoms with E-state index in [4.69, 9.17) is 11.5 Å². The lowest BCUT2D eigenvalue weighted by Gasteiger charge is -2.28. The van der Waals surface area contributed by atoms with Gasteiger partial charge in [0.1, 0.15) is 0 Å². The summed E-state index contributed by atoms with van der Waals surface area (Å²) in [5, 5.41) is 8.59. The second-order valence-corrected chi connectivity index (χ2v) is 3.34. The Hall–Kier alpha value is -0.720. The molecule has 1 aliphatic heterocycles. The largest absolute Gasteiger partial charge is 0.480 e. The number of carboxylic acids is 1. The number of halogens is 1. The van der Waals surface area contributed by atoms with Crippen LogP contribution in [-0.2, 0) is 4.79 Å². The number of carbonyl (C=O) groups is 1. The summed E-state index contributed by atoms with van der Waals surface area (Å²) in [5.74, 6) is 1.85. The van der Waals surface area contributed by atoms with E-state index in [0.29, 0.717) is 0 Å². The minimum absolute atomic E-state index is 0.